The van der Waals surface area contributed by atoms with E-state index in [2.05, 4.69) is 82.8 Å². The zero-order valence-corrected chi connectivity index (χ0v) is 24.4. The molecule has 1 aromatic rings. The van der Waals surface area contributed by atoms with Gasteiger partial charge in [-0.15, -0.1) is 12.8 Å². The highest BCUT2D eigenvalue weighted by molar-refractivity contribution is 5.13. The van der Waals surface area contributed by atoms with Gasteiger partial charge in [0, 0.05) is 19.3 Å². The molecule has 34 heavy (non-hydrogen) atoms. The van der Waals surface area contributed by atoms with Gasteiger partial charge in [0.05, 0.1) is 0 Å². The standard InChI is InChI=1S/C21H43N.C8H10.C2H6.C2H2/c1-5-7-8-9-10-11-12-13-14-15-16-17-18-19-20-22(4)21(3)6-2;1-2-8-6-4-3-5-7-8;2*1-2/h6H,5,7-20H2,1-4H3;3-7H,2H2,1H3;1-2H3;1-2H/b21-6+;;;. The van der Waals surface area contributed by atoms with Crippen LogP contribution >= 0.6 is 0 Å². The SMILES string of the molecule is C#C.C/C=C(\C)N(C)CCCCCCCCCCCCCCCC.CC.CCc1ccccc1. The highest BCUT2D eigenvalue weighted by atomic mass is 15.1. The Labute approximate surface area is 216 Å². The molecular formula is C33H61N. The maximum atomic E-state index is 4.00. The van der Waals surface area contributed by atoms with Gasteiger partial charge in [0.1, 0.15) is 0 Å². The van der Waals surface area contributed by atoms with Gasteiger partial charge in [0.15, 0.2) is 0 Å². The van der Waals surface area contributed by atoms with E-state index >= 15 is 0 Å². The average Bonchev–Trinajstić information content (AvgIpc) is 2.91. The van der Waals surface area contributed by atoms with E-state index in [1.165, 1.54) is 108 Å². The van der Waals surface area contributed by atoms with Crippen LogP contribution in [0.5, 0.6) is 0 Å². The van der Waals surface area contributed by atoms with Gasteiger partial charge in [-0.05, 0) is 32.3 Å². The number of hydrogen-bond donors (Lipinski definition) is 0. The minimum atomic E-state index is 1.14. The number of aryl methyl sites for hydroxylation is 1. The largest absolute Gasteiger partial charge is 0.378 e. The quantitative estimate of drug-likeness (QED) is 0.161. The first-order chi connectivity index (χ1) is 16.7. The van der Waals surface area contributed by atoms with E-state index in [0.29, 0.717) is 0 Å². The first-order valence-electron chi connectivity index (χ1n) is 14.4. The summed E-state index contributed by atoms with van der Waals surface area (Å²) < 4.78 is 0. The Hall–Kier alpha value is -1.68. The van der Waals surface area contributed by atoms with Gasteiger partial charge >= 0.3 is 0 Å². The number of unbranched alkanes of at least 4 members (excludes halogenated alkanes) is 13. The monoisotopic (exact) mass is 471 g/mol. The Morgan fingerprint density at radius 3 is 1.41 bits per heavy atom. The normalized spacial score (nSPS) is 10.1. The summed E-state index contributed by atoms with van der Waals surface area (Å²) in [7, 11) is 2.21. The Morgan fingerprint density at radius 2 is 1.09 bits per heavy atom. The Bertz CT molecular complexity index is 514. The van der Waals surface area contributed by atoms with E-state index in [1.54, 1.807) is 0 Å². The van der Waals surface area contributed by atoms with Crippen molar-refractivity contribution in [2.75, 3.05) is 13.6 Å². The number of rotatable bonds is 17. The first-order valence-corrected chi connectivity index (χ1v) is 14.4. The number of hydrogen-bond acceptors (Lipinski definition) is 1. The molecule has 0 aromatic heterocycles. The highest BCUT2D eigenvalue weighted by Crippen LogP contribution is 2.13. The summed E-state index contributed by atoms with van der Waals surface area (Å²) in [6, 6.07) is 10.5. The zero-order chi connectivity index (χ0) is 26.3. The molecule has 0 fully saturated rings. The fraction of sp³-hybridized carbons (Fsp3) is 0.697. The molecule has 0 unspecified atom stereocenters. The molecule has 0 atom stereocenters. The average molecular weight is 472 g/mol. The molecule has 0 spiro atoms. The van der Waals surface area contributed by atoms with E-state index in [1.807, 2.05) is 19.9 Å². The topological polar surface area (TPSA) is 3.24 Å². The van der Waals surface area contributed by atoms with Crippen LogP contribution in [0.4, 0.5) is 0 Å². The summed E-state index contributed by atoms with van der Waals surface area (Å²) in [5.74, 6) is 0. The molecular weight excluding hydrogens is 410 g/mol. The molecule has 0 saturated carbocycles. The van der Waals surface area contributed by atoms with Crippen molar-refractivity contribution in [2.45, 2.75) is 138 Å². The lowest BCUT2D eigenvalue weighted by molar-refractivity contribution is 0.397. The van der Waals surface area contributed by atoms with E-state index in [9.17, 15) is 0 Å². The fourth-order valence-corrected chi connectivity index (χ4v) is 3.65. The summed E-state index contributed by atoms with van der Waals surface area (Å²) in [5.41, 5.74) is 2.81. The third-order valence-corrected chi connectivity index (χ3v) is 6.12. The van der Waals surface area contributed by atoms with Crippen LogP contribution in [-0.4, -0.2) is 18.5 Å². The first kappa shape index (κ1) is 36.9. The lowest BCUT2D eigenvalue weighted by atomic mass is 10.0. The van der Waals surface area contributed by atoms with Crippen LogP contribution in [0.25, 0.3) is 0 Å². The second-order valence-electron chi connectivity index (χ2n) is 8.79. The molecule has 1 rings (SSSR count). The van der Waals surface area contributed by atoms with Gasteiger partial charge in [0.25, 0.3) is 0 Å². The molecule has 0 aliphatic carbocycles. The van der Waals surface area contributed by atoms with Crippen molar-refractivity contribution in [3.63, 3.8) is 0 Å². The molecule has 0 N–H and O–H groups in total. The van der Waals surface area contributed by atoms with Crippen LogP contribution < -0.4 is 0 Å². The predicted molar refractivity (Wildman–Crippen MR) is 159 cm³/mol. The van der Waals surface area contributed by atoms with Crippen LogP contribution in [0.1, 0.15) is 137 Å². The second-order valence-corrected chi connectivity index (χ2v) is 8.79. The lowest BCUT2D eigenvalue weighted by Gasteiger charge is -2.19. The van der Waals surface area contributed by atoms with Crippen molar-refractivity contribution in [1.82, 2.24) is 4.90 Å². The molecule has 1 aromatic carbocycles. The zero-order valence-electron chi connectivity index (χ0n) is 24.4. The van der Waals surface area contributed by atoms with E-state index in [0.717, 1.165) is 6.42 Å². The number of allylic oxidation sites excluding steroid dienone is 2. The third kappa shape index (κ3) is 28.4. The number of nitrogens with zero attached hydrogens (tertiary/aromatic N) is 1. The van der Waals surface area contributed by atoms with E-state index in [4.69, 9.17) is 0 Å². The van der Waals surface area contributed by atoms with Gasteiger partial charge in [0.2, 0.25) is 0 Å². The van der Waals surface area contributed by atoms with Crippen molar-refractivity contribution in [2.24, 2.45) is 0 Å². The molecule has 1 heteroatoms. The molecule has 0 aliphatic rings. The van der Waals surface area contributed by atoms with Crippen molar-refractivity contribution in [1.29, 1.82) is 0 Å². The van der Waals surface area contributed by atoms with E-state index in [-0.39, 0.29) is 0 Å². The van der Waals surface area contributed by atoms with Crippen molar-refractivity contribution < 1.29 is 0 Å². The predicted octanol–water partition coefficient (Wildman–Crippen LogP) is 10.8. The van der Waals surface area contributed by atoms with Crippen LogP contribution in [0.2, 0.25) is 0 Å². The molecule has 0 bridgehead atoms. The molecule has 0 radical (unpaired) electrons. The van der Waals surface area contributed by atoms with Gasteiger partial charge in [-0.3, -0.25) is 0 Å². The van der Waals surface area contributed by atoms with Gasteiger partial charge in [-0.2, -0.15) is 0 Å². The minimum absolute atomic E-state index is 1.14. The molecule has 198 valence electrons. The summed E-state index contributed by atoms with van der Waals surface area (Å²) in [6.45, 7) is 14.0. The maximum Gasteiger partial charge on any atom is 0.0171 e. The van der Waals surface area contributed by atoms with Gasteiger partial charge in [-0.25, -0.2) is 0 Å². The highest BCUT2D eigenvalue weighted by Gasteiger charge is 1.98. The molecule has 0 aliphatic heterocycles. The van der Waals surface area contributed by atoms with Crippen LogP contribution in [0.15, 0.2) is 42.1 Å². The number of terminal acetylenes is 1. The third-order valence-electron chi connectivity index (χ3n) is 6.12. The van der Waals surface area contributed by atoms with Gasteiger partial charge in [-0.1, -0.05) is 148 Å². The molecule has 0 amide bonds. The summed E-state index contributed by atoms with van der Waals surface area (Å²) in [6.07, 6.45) is 31.5. The Balaban J connectivity index is -0.000000657. The summed E-state index contributed by atoms with van der Waals surface area (Å²) in [4.78, 5) is 2.38. The van der Waals surface area contributed by atoms with Crippen molar-refractivity contribution in [3.8, 4) is 12.8 Å². The van der Waals surface area contributed by atoms with Crippen LogP contribution in [0.3, 0.4) is 0 Å². The second kappa shape index (κ2) is 33.5. The van der Waals surface area contributed by atoms with Crippen molar-refractivity contribution in [3.05, 3.63) is 47.7 Å². The summed E-state index contributed by atoms with van der Waals surface area (Å²) in [5, 5.41) is 0. The van der Waals surface area contributed by atoms with E-state index < -0.39 is 0 Å². The minimum Gasteiger partial charge on any atom is -0.378 e. The van der Waals surface area contributed by atoms with Crippen LogP contribution in [0, 0.1) is 12.8 Å². The molecule has 0 saturated heterocycles. The van der Waals surface area contributed by atoms with Gasteiger partial charge < -0.3 is 4.90 Å². The summed E-state index contributed by atoms with van der Waals surface area (Å²) >= 11 is 0. The Morgan fingerprint density at radius 1 is 0.706 bits per heavy atom. The smallest absolute Gasteiger partial charge is 0.0171 e. The molecule has 0 heterocycles. The fourth-order valence-electron chi connectivity index (χ4n) is 3.65. The van der Waals surface area contributed by atoms with Crippen molar-refractivity contribution >= 4 is 0 Å². The lowest BCUT2D eigenvalue weighted by Crippen LogP contribution is -2.16. The molecule has 1 nitrogen and oxygen atoms in total. The number of benzene rings is 1. The van der Waals surface area contributed by atoms with Crippen LogP contribution in [-0.2, 0) is 6.42 Å². The maximum absolute atomic E-state index is 4.00. The Kier molecular flexibility index (Phi) is 36.3.